The molecule has 2 aromatic carbocycles. The summed E-state index contributed by atoms with van der Waals surface area (Å²) < 4.78 is 0.808. The Kier molecular flexibility index (Phi) is 3.54. The van der Waals surface area contributed by atoms with Crippen molar-refractivity contribution in [1.29, 1.82) is 0 Å². The zero-order valence-corrected chi connectivity index (χ0v) is 13.2. The van der Waals surface area contributed by atoms with Gasteiger partial charge in [0, 0.05) is 0 Å². The van der Waals surface area contributed by atoms with Gasteiger partial charge in [-0.05, 0) is 24.3 Å². The van der Waals surface area contributed by atoms with E-state index in [9.17, 15) is 19.2 Å². The van der Waals surface area contributed by atoms with Crippen molar-refractivity contribution in [2.45, 2.75) is 6.54 Å². The first kappa shape index (κ1) is 15.6. The van der Waals surface area contributed by atoms with Crippen LogP contribution in [0.3, 0.4) is 0 Å². The molecule has 26 heavy (non-hydrogen) atoms. The van der Waals surface area contributed by atoms with Gasteiger partial charge in [-0.15, -0.1) is 5.10 Å². The Morgan fingerprint density at radius 1 is 0.923 bits per heavy atom. The molecule has 9 nitrogen and oxygen atoms in total. The zero-order valence-electron chi connectivity index (χ0n) is 13.2. The predicted octanol–water partition coefficient (Wildman–Crippen LogP) is 0.546. The maximum Gasteiger partial charge on any atom is 0.354 e. The van der Waals surface area contributed by atoms with Crippen molar-refractivity contribution < 1.29 is 19.2 Å². The molecule has 0 saturated carbocycles. The monoisotopic (exact) mass is 350 g/mol. The summed E-state index contributed by atoms with van der Waals surface area (Å²) in [7, 11) is 0. The molecular weight excluding hydrogens is 340 g/mol. The lowest BCUT2D eigenvalue weighted by molar-refractivity contribution is -0.169. The molecule has 0 radical (unpaired) electrons. The van der Waals surface area contributed by atoms with E-state index in [4.69, 9.17) is 4.84 Å². The molecule has 1 aliphatic rings. The molecule has 0 fully saturated rings. The molecule has 0 atom stereocenters. The molecule has 0 aliphatic carbocycles. The summed E-state index contributed by atoms with van der Waals surface area (Å²) in [6.07, 6.45) is 0. The van der Waals surface area contributed by atoms with E-state index in [0.717, 1.165) is 4.68 Å². The van der Waals surface area contributed by atoms with Gasteiger partial charge in [0.05, 0.1) is 16.5 Å². The van der Waals surface area contributed by atoms with Crippen LogP contribution >= 0.6 is 0 Å². The van der Waals surface area contributed by atoms with Crippen LogP contribution in [-0.2, 0) is 16.2 Å². The minimum atomic E-state index is -0.994. The van der Waals surface area contributed by atoms with Crippen LogP contribution < -0.4 is 5.56 Å². The zero-order chi connectivity index (χ0) is 18.3. The van der Waals surface area contributed by atoms with Gasteiger partial charge in [0.15, 0.2) is 0 Å². The van der Waals surface area contributed by atoms with Crippen molar-refractivity contribution in [3.8, 4) is 0 Å². The third kappa shape index (κ3) is 2.42. The number of imide groups is 1. The van der Waals surface area contributed by atoms with Crippen molar-refractivity contribution in [3.63, 3.8) is 0 Å². The second-order valence-corrected chi connectivity index (χ2v) is 5.48. The highest BCUT2D eigenvalue weighted by atomic mass is 16.7. The summed E-state index contributed by atoms with van der Waals surface area (Å²) >= 11 is 0. The second kappa shape index (κ2) is 5.88. The van der Waals surface area contributed by atoms with Gasteiger partial charge in [-0.3, -0.25) is 14.4 Å². The molecule has 1 aliphatic heterocycles. The number of rotatable bonds is 3. The highest BCUT2D eigenvalue weighted by molar-refractivity contribution is 6.20. The van der Waals surface area contributed by atoms with E-state index in [-0.39, 0.29) is 16.5 Å². The Morgan fingerprint density at radius 3 is 2.23 bits per heavy atom. The summed E-state index contributed by atoms with van der Waals surface area (Å²) in [6.45, 7) is -0.593. The fourth-order valence-electron chi connectivity index (χ4n) is 2.63. The third-order valence-corrected chi connectivity index (χ3v) is 3.86. The molecule has 0 N–H and O–H groups in total. The molecule has 128 valence electrons. The molecule has 0 saturated heterocycles. The van der Waals surface area contributed by atoms with Gasteiger partial charge in [0.25, 0.3) is 17.4 Å². The molecule has 0 spiro atoms. The molecule has 3 aromatic rings. The summed E-state index contributed by atoms with van der Waals surface area (Å²) in [4.78, 5) is 53.6. The smallest absolute Gasteiger partial charge is 0.328 e. The van der Waals surface area contributed by atoms with Crippen LogP contribution in [0.5, 0.6) is 0 Å². The van der Waals surface area contributed by atoms with E-state index in [1.165, 1.54) is 12.1 Å². The lowest BCUT2D eigenvalue weighted by Gasteiger charge is -2.12. The van der Waals surface area contributed by atoms with Crippen molar-refractivity contribution in [3.05, 3.63) is 70.0 Å². The minimum absolute atomic E-state index is 0.146. The Balaban J connectivity index is 1.56. The molecular formula is C17H10N4O5. The van der Waals surface area contributed by atoms with Gasteiger partial charge < -0.3 is 4.84 Å². The van der Waals surface area contributed by atoms with Crippen molar-refractivity contribution in [2.75, 3.05) is 0 Å². The Hall–Kier alpha value is -3.88. The van der Waals surface area contributed by atoms with Gasteiger partial charge in [-0.2, -0.15) is 4.68 Å². The van der Waals surface area contributed by atoms with Crippen LogP contribution in [0.15, 0.2) is 53.3 Å². The van der Waals surface area contributed by atoms with E-state index >= 15 is 0 Å². The van der Waals surface area contributed by atoms with Gasteiger partial charge in [0.1, 0.15) is 12.1 Å². The molecule has 2 heterocycles. The Bertz CT molecular complexity index is 1100. The van der Waals surface area contributed by atoms with E-state index in [2.05, 4.69) is 10.3 Å². The first-order valence-corrected chi connectivity index (χ1v) is 7.57. The lowest BCUT2D eigenvalue weighted by Crippen LogP contribution is -2.36. The van der Waals surface area contributed by atoms with Crippen LogP contribution in [0.1, 0.15) is 20.7 Å². The fourth-order valence-corrected chi connectivity index (χ4v) is 2.63. The summed E-state index contributed by atoms with van der Waals surface area (Å²) in [6, 6.07) is 12.7. The van der Waals surface area contributed by atoms with E-state index in [0.29, 0.717) is 10.6 Å². The number of aromatic nitrogens is 3. The highest BCUT2D eigenvalue weighted by Crippen LogP contribution is 2.22. The number of hydroxylamine groups is 2. The molecule has 4 rings (SSSR count). The summed E-state index contributed by atoms with van der Waals surface area (Å²) in [5.74, 6) is -2.47. The molecule has 0 bridgehead atoms. The first-order valence-electron chi connectivity index (χ1n) is 7.57. The quantitative estimate of drug-likeness (QED) is 0.634. The van der Waals surface area contributed by atoms with E-state index in [1.54, 1.807) is 36.4 Å². The number of amides is 2. The second-order valence-electron chi connectivity index (χ2n) is 5.48. The number of hydrogen-bond donors (Lipinski definition) is 0. The number of carbonyl (C=O) groups is 3. The first-order chi connectivity index (χ1) is 12.6. The van der Waals surface area contributed by atoms with Crippen LogP contribution in [-0.4, -0.2) is 37.8 Å². The van der Waals surface area contributed by atoms with Crippen LogP contribution in [0, 0.1) is 0 Å². The topological polar surface area (TPSA) is 111 Å². The van der Waals surface area contributed by atoms with E-state index < -0.39 is 29.9 Å². The number of hydrogen-bond acceptors (Lipinski definition) is 7. The molecule has 0 unspecified atom stereocenters. The van der Waals surface area contributed by atoms with E-state index in [1.807, 2.05) is 0 Å². The van der Waals surface area contributed by atoms with Crippen LogP contribution in [0.25, 0.3) is 10.9 Å². The lowest BCUT2D eigenvalue weighted by atomic mass is 10.1. The SMILES string of the molecule is O=C(Cn1nnc2ccccc2c1=O)ON1C(=O)c2ccccc2C1=O. The third-order valence-electron chi connectivity index (χ3n) is 3.86. The number of nitrogens with zero attached hydrogens (tertiary/aromatic N) is 4. The fraction of sp³-hybridized carbons (Fsp3) is 0.0588. The van der Waals surface area contributed by atoms with Gasteiger partial charge in [0.2, 0.25) is 0 Å². The Labute approximate surface area is 145 Å². The molecule has 2 amide bonds. The van der Waals surface area contributed by atoms with Crippen molar-refractivity contribution in [2.24, 2.45) is 0 Å². The highest BCUT2D eigenvalue weighted by Gasteiger charge is 2.38. The maximum absolute atomic E-state index is 12.3. The van der Waals surface area contributed by atoms with Crippen molar-refractivity contribution in [1.82, 2.24) is 20.1 Å². The average Bonchev–Trinajstić information content (AvgIpc) is 2.89. The largest absolute Gasteiger partial charge is 0.354 e. The molecule has 1 aromatic heterocycles. The number of benzene rings is 2. The number of fused-ring (bicyclic) bond motifs is 2. The van der Waals surface area contributed by atoms with Crippen LogP contribution in [0.2, 0.25) is 0 Å². The number of carbonyl (C=O) groups excluding carboxylic acids is 3. The summed E-state index contributed by atoms with van der Waals surface area (Å²) in [5.41, 5.74) is 0.151. The predicted molar refractivity (Wildman–Crippen MR) is 86.8 cm³/mol. The maximum atomic E-state index is 12.3. The van der Waals surface area contributed by atoms with Gasteiger partial charge in [-0.1, -0.05) is 34.5 Å². The Morgan fingerprint density at radius 2 is 1.54 bits per heavy atom. The minimum Gasteiger partial charge on any atom is -0.328 e. The molecule has 9 heteroatoms. The average molecular weight is 350 g/mol. The van der Waals surface area contributed by atoms with Crippen molar-refractivity contribution >= 4 is 28.7 Å². The van der Waals surface area contributed by atoms with Gasteiger partial charge in [-0.25, -0.2) is 4.79 Å². The van der Waals surface area contributed by atoms with Gasteiger partial charge >= 0.3 is 5.97 Å². The normalized spacial score (nSPS) is 13.2. The standard InChI is InChI=1S/C17H10N4O5/c22-14(9-20-15(23)12-7-3-4-8-13(12)18-19-20)26-21-16(24)10-5-1-2-6-11(10)17(21)25/h1-8H,9H2. The summed E-state index contributed by atoms with van der Waals surface area (Å²) in [5, 5.41) is 8.18. The van der Waals surface area contributed by atoms with Crippen LogP contribution in [0.4, 0.5) is 0 Å².